The van der Waals surface area contributed by atoms with Crippen molar-refractivity contribution >= 4 is 11.8 Å². The number of hydrogen-bond donors (Lipinski definition) is 0. The Morgan fingerprint density at radius 2 is 2.00 bits per heavy atom. The number of ether oxygens (including phenoxy) is 2. The molecule has 0 saturated heterocycles. The third kappa shape index (κ3) is 2.72. The first-order chi connectivity index (χ1) is 10.7. The molecular formula is C18H16O4. The van der Waals surface area contributed by atoms with Crippen molar-refractivity contribution in [3.05, 3.63) is 59.2 Å². The van der Waals surface area contributed by atoms with Gasteiger partial charge >= 0.3 is 5.97 Å². The molecule has 0 spiro atoms. The van der Waals surface area contributed by atoms with Gasteiger partial charge in [-0.1, -0.05) is 31.2 Å². The quantitative estimate of drug-likeness (QED) is 0.642. The molecule has 0 unspecified atom stereocenters. The largest absolute Gasteiger partial charge is 0.488 e. The fraction of sp³-hybridized carbons (Fsp3) is 0.222. The van der Waals surface area contributed by atoms with Gasteiger partial charge in [-0.15, -0.1) is 0 Å². The van der Waals surface area contributed by atoms with Gasteiger partial charge in [0.15, 0.2) is 5.78 Å². The third-order valence-electron chi connectivity index (χ3n) is 3.53. The molecule has 0 saturated carbocycles. The topological polar surface area (TPSA) is 52.6 Å². The highest BCUT2D eigenvalue weighted by Crippen LogP contribution is 2.31. The molecule has 1 aliphatic heterocycles. The van der Waals surface area contributed by atoms with Crippen LogP contribution in [0, 0.1) is 0 Å². The molecule has 0 amide bonds. The van der Waals surface area contributed by atoms with Crippen molar-refractivity contribution in [3.63, 3.8) is 0 Å². The first kappa shape index (κ1) is 14.3. The van der Waals surface area contributed by atoms with Gasteiger partial charge in [0.05, 0.1) is 5.56 Å². The highest BCUT2D eigenvalue weighted by molar-refractivity contribution is 6.12. The summed E-state index contributed by atoms with van der Waals surface area (Å²) in [6.07, 6.45) is 1.07. The van der Waals surface area contributed by atoms with Crippen LogP contribution in [0.1, 0.15) is 41.3 Å². The van der Waals surface area contributed by atoms with Crippen LogP contribution in [0.3, 0.4) is 0 Å². The van der Waals surface area contributed by atoms with Gasteiger partial charge < -0.3 is 9.47 Å². The number of hydrogen-bond acceptors (Lipinski definition) is 4. The van der Waals surface area contributed by atoms with E-state index in [1.807, 2.05) is 25.1 Å². The number of carbonyl (C=O) groups is 2. The Morgan fingerprint density at radius 1 is 1.18 bits per heavy atom. The van der Waals surface area contributed by atoms with Crippen LogP contribution < -0.4 is 9.47 Å². The Morgan fingerprint density at radius 3 is 2.82 bits per heavy atom. The van der Waals surface area contributed by atoms with Crippen LogP contribution in [0.2, 0.25) is 0 Å². The molecule has 0 radical (unpaired) electrons. The highest BCUT2D eigenvalue weighted by Gasteiger charge is 2.22. The van der Waals surface area contributed by atoms with Gasteiger partial charge in [-0.2, -0.15) is 0 Å². The van der Waals surface area contributed by atoms with Crippen LogP contribution in [0.5, 0.6) is 11.5 Å². The molecule has 3 rings (SSSR count). The smallest absolute Gasteiger partial charge is 0.311 e. The number of ketones is 1. The first-order valence-electron chi connectivity index (χ1n) is 7.29. The van der Waals surface area contributed by atoms with Crippen molar-refractivity contribution in [3.8, 4) is 11.5 Å². The monoisotopic (exact) mass is 296 g/mol. The molecule has 22 heavy (non-hydrogen) atoms. The van der Waals surface area contributed by atoms with E-state index in [9.17, 15) is 9.59 Å². The van der Waals surface area contributed by atoms with Crippen LogP contribution in [-0.2, 0) is 11.4 Å². The standard InChI is InChI=1S/C18H16O4/c1-2-5-17(19)22-13-8-9-16-15(10-13)18(20)14-7-4-3-6-12(14)11-21-16/h3-4,6-10H,2,5,11H2,1H3. The summed E-state index contributed by atoms with van der Waals surface area (Å²) in [6, 6.07) is 12.3. The fourth-order valence-corrected chi connectivity index (χ4v) is 2.43. The van der Waals surface area contributed by atoms with Gasteiger partial charge in [0.1, 0.15) is 18.1 Å². The predicted molar refractivity (Wildman–Crippen MR) is 81.2 cm³/mol. The molecule has 1 aliphatic rings. The second kappa shape index (κ2) is 6.02. The summed E-state index contributed by atoms with van der Waals surface area (Å²) in [7, 11) is 0. The molecule has 0 aliphatic carbocycles. The maximum absolute atomic E-state index is 12.7. The molecule has 0 N–H and O–H groups in total. The summed E-state index contributed by atoms with van der Waals surface area (Å²) in [6.45, 7) is 2.26. The molecule has 4 heteroatoms. The Kier molecular flexibility index (Phi) is 3.92. The lowest BCUT2D eigenvalue weighted by Crippen LogP contribution is -2.08. The van der Waals surface area contributed by atoms with Gasteiger partial charge in [0, 0.05) is 17.5 Å². The van der Waals surface area contributed by atoms with E-state index in [0.29, 0.717) is 35.7 Å². The number of rotatable bonds is 3. The van der Waals surface area contributed by atoms with E-state index in [2.05, 4.69) is 0 Å². The van der Waals surface area contributed by atoms with Crippen molar-refractivity contribution in [1.29, 1.82) is 0 Å². The second-order valence-corrected chi connectivity index (χ2v) is 5.16. The Bertz CT molecular complexity index is 734. The number of benzene rings is 2. The summed E-state index contributed by atoms with van der Waals surface area (Å²) in [5.41, 5.74) is 1.90. The molecule has 4 nitrogen and oxygen atoms in total. The van der Waals surface area contributed by atoms with Gasteiger partial charge in [0.2, 0.25) is 0 Å². The third-order valence-corrected chi connectivity index (χ3v) is 3.53. The molecule has 2 aromatic rings. The average Bonchev–Trinajstić information content (AvgIpc) is 2.66. The van der Waals surface area contributed by atoms with Crippen molar-refractivity contribution < 1.29 is 19.1 Å². The lowest BCUT2D eigenvalue weighted by molar-refractivity contribution is -0.134. The SMILES string of the molecule is CCCC(=O)Oc1ccc2c(c1)C(=O)c1ccccc1CO2. The average molecular weight is 296 g/mol. The number of esters is 1. The first-order valence-corrected chi connectivity index (χ1v) is 7.29. The maximum atomic E-state index is 12.7. The minimum atomic E-state index is -0.301. The van der Waals surface area contributed by atoms with Gasteiger partial charge in [-0.3, -0.25) is 9.59 Å². The summed E-state index contributed by atoms with van der Waals surface area (Å²) < 4.78 is 10.9. The molecule has 0 atom stereocenters. The summed E-state index contributed by atoms with van der Waals surface area (Å²) in [5, 5.41) is 0. The zero-order valence-corrected chi connectivity index (χ0v) is 12.3. The molecule has 1 heterocycles. The molecule has 112 valence electrons. The normalized spacial score (nSPS) is 12.7. The van der Waals surface area contributed by atoms with E-state index < -0.39 is 0 Å². The van der Waals surface area contributed by atoms with Crippen LogP contribution in [-0.4, -0.2) is 11.8 Å². The van der Waals surface area contributed by atoms with E-state index in [1.165, 1.54) is 0 Å². The minimum Gasteiger partial charge on any atom is -0.488 e. The van der Waals surface area contributed by atoms with E-state index in [1.54, 1.807) is 24.3 Å². The van der Waals surface area contributed by atoms with Crippen molar-refractivity contribution in [2.24, 2.45) is 0 Å². The molecule has 0 aromatic heterocycles. The summed E-state index contributed by atoms with van der Waals surface area (Å²) in [4.78, 5) is 24.3. The molecule has 0 fully saturated rings. The van der Waals surface area contributed by atoms with Crippen molar-refractivity contribution in [2.75, 3.05) is 0 Å². The van der Waals surface area contributed by atoms with Crippen LogP contribution >= 0.6 is 0 Å². The predicted octanol–water partition coefficient (Wildman–Crippen LogP) is 3.52. The zero-order valence-electron chi connectivity index (χ0n) is 12.3. The van der Waals surface area contributed by atoms with Crippen LogP contribution in [0.4, 0.5) is 0 Å². The molecule has 2 aromatic carbocycles. The number of carbonyl (C=O) groups excluding carboxylic acids is 2. The van der Waals surface area contributed by atoms with Gasteiger partial charge in [-0.05, 0) is 24.6 Å². The molecular weight excluding hydrogens is 280 g/mol. The minimum absolute atomic E-state index is 0.114. The van der Waals surface area contributed by atoms with Crippen molar-refractivity contribution in [2.45, 2.75) is 26.4 Å². The zero-order chi connectivity index (χ0) is 15.5. The van der Waals surface area contributed by atoms with Gasteiger partial charge in [-0.25, -0.2) is 0 Å². The maximum Gasteiger partial charge on any atom is 0.311 e. The fourth-order valence-electron chi connectivity index (χ4n) is 2.43. The van der Waals surface area contributed by atoms with Crippen molar-refractivity contribution in [1.82, 2.24) is 0 Å². The Hall–Kier alpha value is -2.62. The van der Waals surface area contributed by atoms with Crippen LogP contribution in [0.25, 0.3) is 0 Å². The van der Waals surface area contributed by atoms with E-state index in [-0.39, 0.29) is 11.8 Å². The van der Waals surface area contributed by atoms with E-state index >= 15 is 0 Å². The summed E-state index contributed by atoms with van der Waals surface area (Å²) >= 11 is 0. The Balaban J connectivity index is 1.96. The van der Waals surface area contributed by atoms with Gasteiger partial charge in [0.25, 0.3) is 0 Å². The lowest BCUT2D eigenvalue weighted by atomic mass is 9.99. The highest BCUT2D eigenvalue weighted by atomic mass is 16.5. The number of fused-ring (bicyclic) bond motifs is 2. The second-order valence-electron chi connectivity index (χ2n) is 5.16. The molecule has 0 bridgehead atoms. The van der Waals surface area contributed by atoms with Crippen LogP contribution in [0.15, 0.2) is 42.5 Å². The Labute approximate surface area is 128 Å². The summed E-state index contributed by atoms with van der Waals surface area (Å²) in [5.74, 6) is 0.464. The van der Waals surface area contributed by atoms with E-state index in [4.69, 9.17) is 9.47 Å². The van der Waals surface area contributed by atoms with E-state index in [0.717, 1.165) is 12.0 Å². The lowest BCUT2D eigenvalue weighted by Gasteiger charge is -2.09.